The van der Waals surface area contributed by atoms with Gasteiger partial charge in [-0.05, 0) is 69.1 Å². The van der Waals surface area contributed by atoms with Crippen LogP contribution in [-0.2, 0) is 9.53 Å². The molecule has 3 N–H and O–H groups in total. The first-order valence-electron chi connectivity index (χ1n) is 12.8. The van der Waals surface area contributed by atoms with E-state index < -0.39 is 0 Å². The van der Waals surface area contributed by atoms with Crippen LogP contribution in [0.5, 0.6) is 5.75 Å². The molecular formula is C27H33N5O3. The van der Waals surface area contributed by atoms with Gasteiger partial charge in [0.15, 0.2) is 0 Å². The molecule has 2 aromatic heterocycles. The van der Waals surface area contributed by atoms with Crippen molar-refractivity contribution in [1.82, 2.24) is 19.9 Å². The first-order chi connectivity index (χ1) is 17.0. The number of amides is 1. The van der Waals surface area contributed by atoms with Crippen LogP contribution in [0.15, 0.2) is 36.8 Å². The summed E-state index contributed by atoms with van der Waals surface area (Å²) in [6, 6.07) is 8.75. The molecule has 4 heterocycles. The van der Waals surface area contributed by atoms with Crippen LogP contribution in [-0.4, -0.2) is 44.8 Å². The van der Waals surface area contributed by atoms with Gasteiger partial charge in [0, 0.05) is 30.8 Å². The van der Waals surface area contributed by atoms with Gasteiger partial charge in [0.1, 0.15) is 35.7 Å². The van der Waals surface area contributed by atoms with Crippen LogP contribution < -0.4 is 15.8 Å². The molecule has 1 saturated carbocycles. The molecule has 35 heavy (non-hydrogen) atoms. The van der Waals surface area contributed by atoms with Gasteiger partial charge in [0.2, 0.25) is 5.91 Å². The van der Waals surface area contributed by atoms with Crippen molar-refractivity contribution < 1.29 is 14.3 Å². The van der Waals surface area contributed by atoms with Gasteiger partial charge in [-0.2, -0.15) is 0 Å². The van der Waals surface area contributed by atoms with Crippen LogP contribution in [0, 0.1) is 0 Å². The predicted molar refractivity (Wildman–Crippen MR) is 134 cm³/mol. The molecule has 3 aromatic rings. The molecule has 6 rings (SSSR count). The van der Waals surface area contributed by atoms with E-state index in [0.29, 0.717) is 24.6 Å². The van der Waals surface area contributed by atoms with E-state index in [9.17, 15) is 4.79 Å². The molecule has 2 bridgehead atoms. The average molecular weight is 476 g/mol. The summed E-state index contributed by atoms with van der Waals surface area (Å²) in [5.74, 6) is 1.36. The lowest BCUT2D eigenvalue weighted by molar-refractivity contribution is -0.119. The van der Waals surface area contributed by atoms with E-state index in [1.807, 2.05) is 12.1 Å². The Morgan fingerprint density at radius 1 is 1.20 bits per heavy atom. The van der Waals surface area contributed by atoms with E-state index in [1.165, 1.54) is 6.33 Å². The number of nitrogen functional groups attached to an aromatic ring is 1. The number of carbonyl (C=O) groups excluding carboxylic acids is 1. The van der Waals surface area contributed by atoms with Crippen molar-refractivity contribution in [2.75, 3.05) is 12.3 Å². The number of aromatic nitrogens is 3. The maximum atomic E-state index is 11.5. The van der Waals surface area contributed by atoms with Gasteiger partial charge >= 0.3 is 0 Å². The van der Waals surface area contributed by atoms with Crippen LogP contribution in [0.4, 0.5) is 5.82 Å². The van der Waals surface area contributed by atoms with Gasteiger partial charge in [0.25, 0.3) is 0 Å². The molecule has 2 aliphatic heterocycles. The molecule has 0 unspecified atom stereocenters. The topological polar surface area (TPSA) is 104 Å². The highest BCUT2D eigenvalue weighted by molar-refractivity contribution is 6.00. The number of rotatable bonds is 6. The number of hydrogen-bond acceptors (Lipinski definition) is 6. The minimum absolute atomic E-state index is 0.0385. The summed E-state index contributed by atoms with van der Waals surface area (Å²) in [6.07, 6.45) is 12.5. The van der Waals surface area contributed by atoms with Gasteiger partial charge in [-0.25, -0.2) is 9.97 Å². The van der Waals surface area contributed by atoms with Crippen molar-refractivity contribution in [2.24, 2.45) is 0 Å². The number of carbonyl (C=O) groups is 1. The van der Waals surface area contributed by atoms with Crippen molar-refractivity contribution >= 4 is 22.8 Å². The number of fused-ring (bicyclic) bond motifs is 3. The van der Waals surface area contributed by atoms with Crippen molar-refractivity contribution in [3.8, 4) is 16.9 Å². The lowest BCUT2D eigenvalue weighted by Gasteiger charge is -2.30. The van der Waals surface area contributed by atoms with Gasteiger partial charge in [-0.15, -0.1) is 0 Å². The first-order valence-corrected chi connectivity index (χ1v) is 12.8. The van der Waals surface area contributed by atoms with E-state index >= 15 is 0 Å². The normalized spacial score (nSPS) is 27.9. The molecule has 0 spiro atoms. The summed E-state index contributed by atoms with van der Waals surface area (Å²) in [6.45, 7) is 2.18. The smallest absolute Gasteiger partial charge is 0.217 e. The fraction of sp³-hybridized carbons (Fsp3) is 0.519. The molecule has 2 saturated heterocycles. The maximum Gasteiger partial charge on any atom is 0.217 e. The number of ether oxygens (including phenoxy) is 2. The molecule has 1 amide bonds. The first kappa shape index (κ1) is 22.3. The maximum absolute atomic E-state index is 11.5. The number of nitrogens with one attached hydrogen (secondary N) is 1. The summed E-state index contributed by atoms with van der Waals surface area (Å²) in [4.78, 5) is 20.4. The quantitative estimate of drug-likeness (QED) is 0.548. The van der Waals surface area contributed by atoms with Crippen molar-refractivity contribution in [3.63, 3.8) is 0 Å². The zero-order valence-electron chi connectivity index (χ0n) is 20.2. The third kappa shape index (κ3) is 4.24. The lowest BCUT2D eigenvalue weighted by Crippen LogP contribution is -2.36. The molecule has 3 fully saturated rings. The third-order valence-electron chi connectivity index (χ3n) is 8.04. The Bertz CT molecular complexity index is 1240. The highest BCUT2D eigenvalue weighted by Crippen LogP contribution is 2.44. The van der Waals surface area contributed by atoms with E-state index in [0.717, 1.165) is 79.3 Å². The van der Waals surface area contributed by atoms with Gasteiger partial charge < -0.3 is 25.1 Å². The second-order valence-electron chi connectivity index (χ2n) is 10.4. The highest BCUT2D eigenvalue weighted by Gasteiger charge is 2.46. The summed E-state index contributed by atoms with van der Waals surface area (Å²) in [7, 11) is 0. The summed E-state index contributed by atoms with van der Waals surface area (Å²) < 4.78 is 14.7. The molecule has 184 valence electrons. The molecule has 3 aliphatic rings. The predicted octanol–water partition coefficient (Wildman–Crippen LogP) is 4.39. The molecule has 8 heteroatoms. The van der Waals surface area contributed by atoms with Gasteiger partial charge in [0.05, 0.1) is 11.5 Å². The van der Waals surface area contributed by atoms with Crippen LogP contribution in [0.3, 0.4) is 0 Å². The number of nitrogens with two attached hydrogens (primary N) is 1. The lowest BCUT2D eigenvalue weighted by atomic mass is 9.89. The number of nitrogens with zero attached hydrogens (tertiary/aromatic N) is 3. The Morgan fingerprint density at radius 3 is 2.71 bits per heavy atom. The van der Waals surface area contributed by atoms with E-state index in [-0.39, 0.29) is 17.6 Å². The van der Waals surface area contributed by atoms with Crippen molar-refractivity contribution in [1.29, 1.82) is 0 Å². The zero-order valence-corrected chi connectivity index (χ0v) is 20.2. The van der Waals surface area contributed by atoms with E-state index in [4.69, 9.17) is 15.2 Å². The Labute approximate surface area is 205 Å². The largest absolute Gasteiger partial charge is 0.491 e. The second-order valence-corrected chi connectivity index (χ2v) is 10.4. The number of hydrogen-bond donors (Lipinski definition) is 2. The Kier molecular flexibility index (Phi) is 5.63. The van der Waals surface area contributed by atoms with Crippen molar-refractivity contribution in [2.45, 2.75) is 82.1 Å². The van der Waals surface area contributed by atoms with Crippen LogP contribution in [0.1, 0.15) is 64.3 Å². The number of benzene rings is 1. The minimum atomic E-state index is -0.106. The van der Waals surface area contributed by atoms with Crippen LogP contribution in [0.25, 0.3) is 22.2 Å². The SMILES string of the molecule is CC(=O)NC1CCC(n2cc(-c3cccc(OCC45CCC(CC4)O5)c3)c3c(N)ncnc32)CC1. The van der Waals surface area contributed by atoms with Crippen LogP contribution >= 0.6 is 0 Å². The molecule has 8 nitrogen and oxygen atoms in total. The molecule has 1 aliphatic carbocycles. The average Bonchev–Trinajstić information content (AvgIpc) is 3.57. The molecule has 0 atom stereocenters. The second kappa shape index (κ2) is 8.82. The molecule has 0 radical (unpaired) electrons. The van der Waals surface area contributed by atoms with Crippen molar-refractivity contribution in [3.05, 3.63) is 36.8 Å². The molecule has 1 aromatic carbocycles. The van der Waals surface area contributed by atoms with Crippen LogP contribution in [0.2, 0.25) is 0 Å². The van der Waals surface area contributed by atoms with Gasteiger partial charge in [-0.3, -0.25) is 4.79 Å². The highest BCUT2D eigenvalue weighted by atomic mass is 16.6. The van der Waals surface area contributed by atoms with E-state index in [2.05, 4.69) is 38.2 Å². The third-order valence-corrected chi connectivity index (χ3v) is 8.04. The summed E-state index contributed by atoms with van der Waals surface area (Å²) in [5.41, 5.74) is 9.18. The number of anilines is 1. The summed E-state index contributed by atoms with van der Waals surface area (Å²) >= 11 is 0. The Hall–Kier alpha value is -3.13. The Morgan fingerprint density at radius 2 is 2.00 bits per heavy atom. The van der Waals surface area contributed by atoms with Gasteiger partial charge in [-0.1, -0.05) is 12.1 Å². The monoisotopic (exact) mass is 475 g/mol. The molecular weight excluding hydrogens is 442 g/mol. The minimum Gasteiger partial charge on any atom is -0.491 e. The Balaban J connectivity index is 1.27. The van der Waals surface area contributed by atoms with E-state index in [1.54, 1.807) is 6.92 Å². The fourth-order valence-electron chi connectivity index (χ4n) is 6.24. The standard InChI is InChI=1S/C27H33N5O3/c1-17(33)31-19-5-7-20(8-6-19)32-14-23(24-25(28)29-16-30-26(24)32)18-3-2-4-22(13-18)34-15-27-11-9-21(35-27)10-12-27/h2-4,13-14,16,19-21H,5-12,15H2,1H3,(H,31,33)(H2,28,29,30). The zero-order chi connectivity index (χ0) is 24.0. The fourth-order valence-corrected chi connectivity index (χ4v) is 6.24. The summed E-state index contributed by atoms with van der Waals surface area (Å²) in [5, 5.41) is 3.94.